The molecule has 0 unspecified atom stereocenters. The molecule has 6 heteroatoms. The van der Waals surface area contributed by atoms with Crippen molar-refractivity contribution in [3.8, 4) is 0 Å². The molecule has 0 fully saturated rings. The van der Waals surface area contributed by atoms with Crippen molar-refractivity contribution in [3.63, 3.8) is 0 Å². The molecule has 3 nitrogen and oxygen atoms in total. The standard InChI is InChI=1S/C17H12F3NO2/c18-17(19,20)13-4-2-1-3-10(13)9-11-5-7-14-12(16(11)23)6-8-15(22)21-14/h1-4,6,8-9H,5,7H2,(H,21,22). The number of ketones is 1. The first kappa shape index (κ1) is 15.3. The second kappa shape index (κ2) is 5.53. The van der Waals surface area contributed by atoms with E-state index in [1.807, 2.05) is 0 Å². The number of carbonyl (C=O) groups is 1. The molecule has 1 heterocycles. The smallest absolute Gasteiger partial charge is 0.325 e. The van der Waals surface area contributed by atoms with Gasteiger partial charge in [-0.1, -0.05) is 18.2 Å². The van der Waals surface area contributed by atoms with E-state index in [9.17, 15) is 22.8 Å². The maximum atomic E-state index is 13.0. The van der Waals surface area contributed by atoms with Crippen LogP contribution in [0.4, 0.5) is 13.2 Å². The van der Waals surface area contributed by atoms with Gasteiger partial charge in [0.25, 0.3) is 0 Å². The zero-order valence-electron chi connectivity index (χ0n) is 11.9. The normalized spacial score (nSPS) is 16.5. The summed E-state index contributed by atoms with van der Waals surface area (Å²) in [4.78, 5) is 26.3. The van der Waals surface area contributed by atoms with Crippen molar-refractivity contribution in [2.24, 2.45) is 0 Å². The minimum absolute atomic E-state index is 0.0313. The molecule has 0 saturated heterocycles. The van der Waals surface area contributed by atoms with Gasteiger partial charge >= 0.3 is 6.18 Å². The van der Waals surface area contributed by atoms with Gasteiger partial charge in [0.1, 0.15) is 0 Å². The SMILES string of the molecule is O=C1C(=Cc2ccccc2C(F)(F)F)CCc2[nH]c(=O)ccc21. The number of hydrogen-bond acceptors (Lipinski definition) is 2. The molecule has 1 aliphatic rings. The Morgan fingerprint density at radius 1 is 1.00 bits per heavy atom. The number of aromatic nitrogens is 1. The zero-order chi connectivity index (χ0) is 16.6. The molecule has 0 saturated carbocycles. The Labute approximate surface area is 129 Å². The van der Waals surface area contributed by atoms with Gasteiger partial charge in [-0.15, -0.1) is 0 Å². The summed E-state index contributed by atoms with van der Waals surface area (Å²) in [5, 5.41) is 0. The number of halogens is 3. The third-order valence-electron chi connectivity index (χ3n) is 3.78. The van der Waals surface area contributed by atoms with Gasteiger partial charge in [-0.25, -0.2) is 0 Å². The number of rotatable bonds is 1. The van der Waals surface area contributed by atoms with Crippen LogP contribution in [0.5, 0.6) is 0 Å². The fraction of sp³-hybridized carbons (Fsp3) is 0.176. The van der Waals surface area contributed by atoms with E-state index in [0.717, 1.165) is 6.07 Å². The summed E-state index contributed by atoms with van der Waals surface area (Å²) in [6.07, 6.45) is -2.48. The van der Waals surface area contributed by atoms with E-state index in [4.69, 9.17) is 0 Å². The number of alkyl halides is 3. The topological polar surface area (TPSA) is 49.9 Å². The van der Waals surface area contributed by atoms with Gasteiger partial charge in [-0.05, 0) is 36.6 Å². The predicted octanol–water partition coefficient (Wildman–Crippen LogP) is 3.61. The fourth-order valence-electron chi connectivity index (χ4n) is 2.68. The first-order valence-electron chi connectivity index (χ1n) is 7.00. The lowest BCUT2D eigenvalue weighted by Crippen LogP contribution is -2.20. The number of nitrogens with one attached hydrogen (secondary N) is 1. The quantitative estimate of drug-likeness (QED) is 0.816. The van der Waals surface area contributed by atoms with Crippen LogP contribution in [0, 0.1) is 0 Å². The molecule has 0 bridgehead atoms. The second-order valence-corrected chi connectivity index (χ2v) is 5.30. The summed E-state index contributed by atoms with van der Waals surface area (Å²) in [6, 6.07) is 7.80. The minimum atomic E-state index is -4.48. The molecule has 0 amide bonds. The molecule has 1 aromatic carbocycles. The summed E-state index contributed by atoms with van der Waals surface area (Å²) in [6.45, 7) is 0. The molecule has 0 atom stereocenters. The number of H-pyrrole nitrogens is 1. The van der Waals surface area contributed by atoms with Crippen molar-refractivity contribution in [1.82, 2.24) is 4.98 Å². The molecule has 0 spiro atoms. The highest BCUT2D eigenvalue weighted by atomic mass is 19.4. The number of pyridine rings is 1. The fourth-order valence-corrected chi connectivity index (χ4v) is 2.68. The Bertz CT molecular complexity index is 863. The molecule has 1 N–H and O–H groups in total. The van der Waals surface area contributed by atoms with Gasteiger partial charge in [0.05, 0.1) is 5.56 Å². The Morgan fingerprint density at radius 3 is 2.48 bits per heavy atom. The first-order valence-corrected chi connectivity index (χ1v) is 7.00. The van der Waals surface area contributed by atoms with Crippen LogP contribution < -0.4 is 5.56 Å². The van der Waals surface area contributed by atoms with Gasteiger partial charge in [0.15, 0.2) is 5.78 Å². The average Bonchev–Trinajstić information content (AvgIpc) is 2.49. The van der Waals surface area contributed by atoms with E-state index in [-0.39, 0.29) is 23.3 Å². The van der Waals surface area contributed by atoms with Gasteiger partial charge in [-0.3, -0.25) is 9.59 Å². The summed E-state index contributed by atoms with van der Waals surface area (Å²) in [7, 11) is 0. The number of aromatic amines is 1. The van der Waals surface area contributed by atoms with Crippen molar-refractivity contribution in [1.29, 1.82) is 0 Å². The van der Waals surface area contributed by atoms with Gasteiger partial charge in [-0.2, -0.15) is 13.2 Å². The second-order valence-electron chi connectivity index (χ2n) is 5.30. The molecule has 23 heavy (non-hydrogen) atoms. The van der Waals surface area contributed by atoms with E-state index in [1.165, 1.54) is 36.4 Å². The third-order valence-corrected chi connectivity index (χ3v) is 3.78. The largest absolute Gasteiger partial charge is 0.416 e. The number of benzene rings is 1. The summed E-state index contributed by atoms with van der Waals surface area (Å²) >= 11 is 0. The van der Waals surface area contributed by atoms with Crippen LogP contribution in [0.15, 0.2) is 46.8 Å². The van der Waals surface area contributed by atoms with E-state index in [0.29, 0.717) is 23.3 Å². The predicted molar refractivity (Wildman–Crippen MR) is 79.1 cm³/mol. The van der Waals surface area contributed by atoms with Crippen molar-refractivity contribution in [2.75, 3.05) is 0 Å². The number of aryl methyl sites for hydroxylation is 1. The van der Waals surface area contributed by atoms with Crippen molar-refractivity contribution in [3.05, 3.63) is 74.7 Å². The van der Waals surface area contributed by atoms with Crippen molar-refractivity contribution >= 4 is 11.9 Å². The highest BCUT2D eigenvalue weighted by molar-refractivity contribution is 6.12. The number of Topliss-reactive ketones (excluding diaryl/α,β-unsaturated/α-hetero) is 1. The van der Waals surface area contributed by atoms with Crippen LogP contribution in [0.25, 0.3) is 6.08 Å². The summed E-state index contributed by atoms with van der Waals surface area (Å²) < 4.78 is 39.1. The first-order chi connectivity index (χ1) is 10.9. The summed E-state index contributed by atoms with van der Waals surface area (Å²) in [5.41, 5.74) is 0.0757. The number of allylic oxidation sites excluding steroid dienone is 1. The van der Waals surface area contributed by atoms with Crippen LogP contribution in [0.2, 0.25) is 0 Å². The number of fused-ring (bicyclic) bond motifs is 1. The monoisotopic (exact) mass is 319 g/mol. The van der Waals surface area contributed by atoms with E-state index in [1.54, 1.807) is 0 Å². The third kappa shape index (κ3) is 2.97. The molecule has 0 radical (unpaired) electrons. The van der Waals surface area contributed by atoms with Gasteiger partial charge in [0.2, 0.25) is 5.56 Å². The zero-order valence-corrected chi connectivity index (χ0v) is 11.9. The van der Waals surface area contributed by atoms with Gasteiger partial charge in [0, 0.05) is 22.9 Å². The average molecular weight is 319 g/mol. The molecular formula is C17H12F3NO2. The lowest BCUT2D eigenvalue weighted by Gasteiger charge is -2.17. The Morgan fingerprint density at radius 2 is 1.74 bits per heavy atom. The highest BCUT2D eigenvalue weighted by Crippen LogP contribution is 2.34. The van der Waals surface area contributed by atoms with Crippen LogP contribution in [-0.2, 0) is 12.6 Å². The molecule has 1 aliphatic carbocycles. The number of carbonyl (C=O) groups excluding carboxylic acids is 1. The van der Waals surface area contributed by atoms with Gasteiger partial charge < -0.3 is 4.98 Å². The van der Waals surface area contributed by atoms with Crippen LogP contribution in [0.1, 0.15) is 33.6 Å². The lowest BCUT2D eigenvalue weighted by molar-refractivity contribution is -0.137. The molecule has 3 rings (SSSR count). The van der Waals surface area contributed by atoms with E-state index < -0.39 is 11.7 Å². The molecule has 2 aromatic rings. The van der Waals surface area contributed by atoms with Crippen LogP contribution in [-0.4, -0.2) is 10.8 Å². The summed E-state index contributed by atoms with van der Waals surface area (Å²) in [5.74, 6) is -0.348. The maximum absolute atomic E-state index is 13.0. The van der Waals surface area contributed by atoms with Crippen molar-refractivity contribution in [2.45, 2.75) is 19.0 Å². The minimum Gasteiger partial charge on any atom is -0.325 e. The maximum Gasteiger partial charge on any atom is 0.416 e. The van der Waals surface area contributed by atoms with Crippen LogP contribution in [0.3, 0.4) is 0 Å². The van der Waals surface area contributed by atoms with E-state index >= 15 is 0 Å². The Hall–Kier alpha value is -2.63. The molecule has 118 valence electrons. The Kier molecular flexibility index (Phi) is 3.67. The molecular weight excluding hydrogens is 307 g/mol. The lowest BCUT2D eigenvalue weighted by atomic mass is 9.88. The van der Waals surface area contributed by atoms with Crippen LogP contribution >= 0.6 is 0 Å². The molecule has 1 aromatic heterocycles. The molecule has 0 aliphatic heterocycles. The number of hydrogen-bond donors (Lipinski definition) is 1. The van der Waals surface area contributed by atoms with Crippen molar-refractivity contribution < 1.29 is 18.0 Å². The Balaban J connectivity index is 2.04. The van der Waals surface area contributed by atoms with E-state index in [2.05, 4.69) is 4.98 Å². The highest BCUT2D eigenvalue weighted by Gasteiger charge is 2.33.